The first-order valence-corrected chi connectivity index (χ1v) is 8.59. The van der Waals surface area contributed by atoms with Crippen molar-refractivity contribution in [2.75, 3.05) is 39.8 Å². The number of carbonyl (C=O) groups is 1. The van der Waals surface area contributed by atoms with Crippen LogP contribution in [-0.4, -0.2) is 61.6 Å². The minimum Gasteiger partial charge on any atom is -0.497 e. The molecule has 1 amide bonds. The smallest absolute Gasteiger partial charge is 0.239 e. The van der Waals surface area contributed by atoms with Gasteiger partial charge in [-0.2, -0.15) is 0 Å². The Morgan fingerprint density at radius 3 is 2.67 bits per heavy atom. The minimum atomic E-state index is 0. The first kappa shape index (κ1) is 19.0. The molecule has 2 aliphatic rings. The van der Waals surface area contributed by atoms with Crippen molar-refractivity contribution in [3.05, 3.63) is 29.8 Å². The molecule has 6 heteroatoms. The van der Waals surface area contributed by atoms with Gasteiger partial charge in [0.05, 0.1) is 13.2 Å². The van der Waals surface area contributed by atoms with Crippen LogP contribution in [0.3, 0.4) is 0 Å². The highest BCUT2D eigenvalue weighted by Gasteiger charge is 2.30. The number of hydrogen-bond acceptors (Lipinski definition) is 4. The third-order valence-corrected chi connectivity index (χ3v) is 5.11. The maximum atomic E-state index is 12.5. The summed E-state index contributed by atoms with van der Waals surface area (Å²) >= 11 is 0. The Bertz CT molecular complexity index is 541. The monoisotopic (exact) mass is 353 g/mol. The van der Waals surface area contributed by atoms with Gasteiger partial charge in [0, 0.05) is 32.2 Å². The molecule has 24 heavy (non-hydrogen) atoms. The highest BCUT2D eigenvalue weighted by atomic mass is 35.5. The Kier molecular flexibility index (Phi) is 6.90. The van der Waals surface area contributed by atoms with Gasteiger partial charge in [-0.05, 0) is 44.0 Å². The number of benzene rings is 1. The lowest BCUT2D eigenvalue weighted by Gasteiger charge is -2.39. The van der Waals surface area contributed by atoms with Gasteiger partial charge < -0.3 is 15.0 Å². The zero-order chi connectivity index (χ0) is 16.2. The highest BCUT2D eigenvalue weighted by molar-refractivity contribution is 5.85. The SMILES string of the molecule is COc1cccc(C(C)N2CCN(C(=O)[C@@H]3CCCN3)CC2)c1.Cl. The van der Waals surface area contributed by atoms with E-state index < -0.39 is 0 Å². The molecule has 2 fully saturated rings. The summed E-state index contributed by atoms with van der Waals surface area (Å²) in [4.78, 5) is 16.9. The van der Waals surface area contributed by atoms with Gasteiger partial charge in [-0.25, -0.2) is 0 Å². The van der Waals surface area contributed by atoms with Gasteiger partial charge in [0.15, 0.2) is 0 Å². The fraction of sp³-hybridized carbons (Fsp3) is 0.611. The second kappa shape index (κ2) is 8.70. The van der Waals surface area contributed by atoms with E-state index in [-0.39, 0.29) is 24.4 Å². The predicted octanol–water partition coefficient (Wildman–Crippen LogP) is 2.07. The van der Waals surface area contributed by atoms with Gasteiger partial charge in [0.2, 0.25) is 5.91 Å². The average Bonchev–Trinajstić information content (AvgIpc) is 3.15. The summed E-state index contributed by atoms with van der Waals surface area (Å²) in [5.74, 6) is 1.19. The zero-order valence-electron chi connectivity index (χ0n) is 14.5. The number of nitrogens with one attached hydrogen (secondary N) is 1. The van der Waals surface area contributed by atoms with Crippen LogP contribution < -0.4 is 10.1 Å². The van der Waals surface area contributed by atoms with Crippen molar-refractivity contribution in [2.45, 2.75) is 31.8 Å². The first-order chi connectivity index (χ1) is 11.2. The van der Waals surface area contributed by atoms with Crippen LogP contribution in [0.4, 0.5) is 0 Å². The molecule has 3 rings (SSSR count). The summed E-state index contributed by atoms with van der Waals surface area (Å²) in [6.07, 6.45) is 2.10. The lowest BCUT2D eigenvalue weighted by atomic mass is 10.1. The lowest BCUT2D eigenvalue weighted by Crippen LogP contribution is -2.53. The van der Waals surface area contributed by atoms with Crippen LogP contribution in [0.25, 0.3) is 0 Å². The molecule has 0 aromatic heterocycles. The molecule has 5 nitrogen and oxygen atoms in total. The Labute approximate surface area is 150 Å². The van der Waals surface area contributed by atoms with Gasteiger partial charge in [-0.1, -0.05) is 12.1 Å². The van der Waals surface area contributed by atoms with E-state index in [1.54, 1.807) is 7.11 Å². The Morgan fingerprint density at radius 2 is 2.04 bits per heavy atom. The molecule has 134 valence electrons. The molecule has 1 N–H and O–H groups in total. The first-order valence-electron chi connectivity index (χ1n) is 8.59. The molecule has 2 aliphatic heterocycles. The third-order valence-electron chi connectivity index (χ3n) is 5.11. The summed E-state index contributed by atoms with van der Waals surface area (Å²) < 4.78 is 5.32. The number of amides is 1. The normalized spacial score (nSPS) is 22.8. The molecule has 2 heterocycles. The average molecular weight is 354 g/mol. The molecular weight excluding hydrogens is 326 g/mol. The predicted molar refractivity (Wildman–Crippen MR) is 97.8 cm³/mol. The highest BCUT2D eigenvalue weighted by Crippen LogP contribution is 2.25. The number of halogens is 1. The topological polar surface area (TPSA) is 44.8 Å². The lowest BCUT2D eigenvalue weighted by molar-refractivity contribution is -0.135. The number of nitrogens with zero attached hydrogens (tertiary/aromatic N) is 2. The number of carbonyl (C=O) groups excluding carboxylic acids is 1. The quantitative estimate of drug-likeness (QED) is 0.900. The van der Waals surface area contributed by atoms with E-state index in [9.17, 15) is 4.79 Å². The molecule has 0 spiro atoms. The Hall–Kier alpha value is -1.30. The number of hydrogen-bond donors (Lipinski definition) is 1. The second-order valence-corrected chi connectivity index (χ2v) is 6.46. The van der Waals surface area contributed by atoms with Crippen molar-refractivity contribution >= 4 is 18.3 Å². The van der Waals surface area contributed by atoms with Gasteiger partial charge >= 0.3 is 0 Å². The number of rotatable bonds is 4. The minimum absolute atomic E-state index is 0. The maximum absolute atomic E-state index is 12.5. The fourth-order valence-electron chi connectivity index (χ4n) is 3.56. The Balaban J connectivity index is 0.00000208. The summed E-state index contributed by atoms with van der Waals surface area (Å²) in [6.45, 7) is 6.71. The number of ether oxygens (including phenoxy) is 1. The van der Waals surface area contributed by atoms with E-state index in [2.05, 4.69) is 29.3 Å². The van der Waals surface area contributed by atoms with Crippen LogP contribution in [0.5, 0.6) is 5.75 Å². The summed E-state index contributed by atoms with van der Waals surface area (Å²) in [5.41, 5.74) is 1.27. The fourth-order valence-corrected chi connectivity index (χ4v) is 3.56. The van der Waals surface area contributed by atoms with Crippen LogP contribution in [0.2, 0.25) is 0 Å². The molecule has 0 aliphatic carbocycles. The van der Waals surface area contributed by atoms with Crippen LogP contribution >= 0.6 is 12.4 Å². The number of piperazine rings is 1. The molecular formula is C18H28ClN3O2. The van der Waals surface area contributed by atoms with Gasteiger partial charge in [0.1, 0.15) is 5.75 Å². The largest absolute Gasteiger partial charge is 0.497 e. The molecule has 0 bridgehead atoms. The van der Waals surface area contributed by atoms with Crippen molar-refractivity contribution in [3.63, 3.8) is 0 Å². The van der Waals surface area contributed by atoms with Gasteiger partial charge in [-0.3, -0.25) is 9.69 Å². The van der Waals surface area contributed by atoms with Crippen LogP contribution in [0.15, 0.2) is 24.3 Å². The van der Waals surface area contributed by atoms with Crippen LogP contribution in [-0.2, 0) is 4.79 Å². The van der Waals surface area contributed by atoms with Crippen molar-refractivity contribution in [2.24, 2.45) is 0 Å². The summed E-state index contributed by atoms with van der Waals surface area (Å²) in [5, 5.41) is 3.31. The second-order valence-electron chi connectivity index (χ2n) is 6.46. The third kappa shape index (κ3) is 4.21. The van der Waals surface area contributed by atoms with E-state index in [0.717, 1.165) is 51.3 Å². The molecule has 1 unspecified atom stereocenters. The van der Waals surface area contributed by atoms with E-state index in [1.165, 1.54) is 5.56 Å². The maximum Gasteiger partial charge on any atom is 0.239 e. The van der Waals surface area contributed by atoms with E-state index in [1.807, 2.05) is 17.0 Å². The van der Waals surface area contributed by atoms with Crippen LogP contribution in [0, 0.1) is 0 Å². The van der Waals surface area contributed by atoms with Crippen molar-refractivity contribution in [1.29, 1.82) is 0 Å². The molecule has 2 saturated heterocycles. The molecule has 1 aromatic carbocycles. The van der Waals surface area contributed by atoms with Gasteiger partial charge in [-0.15, -0.1) is 12.4 Å². The van der Waals surface area contributed by atoms with Crippen molar-refractivity contribution in [3.8, 4) is 5.75 Å². The zero-order valence-corrected chi connectivity index (χ0v) is 15.3. The van der Waals surface area contributed by atoms with Crippen LogP contribution in [0.1, 0.15) is 31.4 Å². The molecule has 2 atom stereocenters. The van der Waals surface area contributed by atoms with Crippen molar-refractivity contribution in [1.82, 2.24) is 15.1 Å². The van der Waals surface area contributed by atoms with E-state index in [0.29, 0.717) is 6.04 Å². The van der Waals surface area contributed by atoms with Gasteiger partial charge in [0.25, 0.3) is 0 Å². The number of methoxy groups -OCH3 is 1. The summed E-state index contributed by atoms with van der Waals surface area (Å²) in [7, 11) is 1.70. The Morgan fingerprint density at radius 1 is 1.29 bits per heavy atom. The standard InChI is InChI=1S/C18H27N3O2.ClH/c1-14(15-5-3-6-16(13-15)23-2)20-9-11-21(12-10-20)18(22)17-7-4-8-19-17;/h3,5-6,13-14,17,19H,4,7-12H2,1-2H3;1H/t14?,17-;/m0./s1. The van der Waals surface area contributed by atoms with Crippen molar-refractivity contribution < 1.29 is 9.53 Å². The molecule has 0 saturated carbocycles. The van der Waals surface area contributed by atoms with E-state index in [4.69, 9.17) is 4.74 Å². The molecule has 1 aromatic rings. The molecule has 0 radical (unpaired) electrons. The summed E-state index contributed by atoms with van der Waals surface area (Å²) in [6, 6.07) is 8.65. The van der Waals surface area contributed by atoms with E-state index >= 15 is 0 Å².